The summed E-state index contributed by atoms with van der Waals surface area (Å²) in [7, 11) is 0. The molecule has 0 saturated heterocycles. The number of carbonyl (C=O) groups is 1. The minimum Gasteiger partial charge on any atom is -0.480 e. The second-order valence-electron chi connectivity index (χ2n) is 8.12. The SMILES string of the molecule is O=C(O)CN1CCc2c(nc(Cc3ccc4c(c3)OCO4)c3[nH]c4ccccc4c23)C1. The van der Waals surface area contributed by atoms with E-state index >= 15 is 0 Å². The third kappa shape index (κ3) is 3.09. The van der Waals surface area contributed by atoms with Crippen LogP contribution < -0.4 is 9.47 Å². The highest BCUT2D eigenvalue weighted by molar-refractivity contribution is 6.10. The molecule has 2 aromatic carbocycles. The first-order valence-electron chi connectivity index (χ1n) is 10.4. The van der Waals surface area contributed by atoms with Gasteiger partial charge in [0.2, 0.25) is 6.79 Å². The quantitative estimate of drug-likeness (QED) is 0.531. The molecule has 0 spiro atoms. The first-order chi connectivity index (χ1) is 15.2. The Morgan fingerprint density at radius 3 is 2.94 bits per heavy atom. The van der Waals surface area contributed by atoms with Gasteiger partial charge in [0.05, 0.1) is 23.4 Å². The maximum atomic E-state index is 11.2. The molecule has 4 aromatic rings. The number of fused-ring (bicyclic) bond motifs is 6. The predicted molar refractivity (Wildman–Crippen MR) is 116 cm³/mol. The highest BCUT2D eigenvalue weighted by Gasteiger charge is 2.25. The van der Waals surface area contributed by atoms with Gasteiger partial charge in [0, 0.05) is 35.8 Å². The molecule has 0 bridgehead atoms. The maximum absolute atomic E-state index is 11.2. The summed E-state index contributed by atoms with van der Waals surface area (Å²) in [4.78, 5) is 21.8. The number of nitrogens with one attached hydrogen (secondary N) is 1. The molecule has 2 aromatic heterocycles. The molecule has 0 fully saturated rings. The lowest BCUT2D eigenvalue weighted by atomic mass is 9.96. The lowest BCUT2D eigenvalue weighted by Crippen LogP contribution is -2.35. The molecular weight excluding hydrogens is 394 g/mol. The molecule has 7 heteroatoms. The molecule has 0 radical (unpaired) electrons. The number of ether oxygens (including phenoxy) is 2. The van der Waals surface area contributed by atoms with E-state index in [1.54, 1.807) is 0 Å². The van der Waals surface area contributed by atoms with Gasteiger partial charge in [-0.2, -0.15) is 0 Å². The van der Waals surface area contributed by atoms with E-state index in [2.05, 4.69) is 23.2 Å². The standard InChI is InChI=1S/C24H21N3O4/c28-22(29)12-27-8-7-16-19(11-27)25-18(9-14-5-6-20-21(10-14)31-13-30-20)24-23(16)15-3-1-2-4-17(15)26-24/h1-6,10,26H,7-9,11-13H2,(H,28,29). The van der Waals surface area contributed by atoms with Gasteiger partial charge in [0.15, 0.2) is 11.5 Å². The Morgan fingerprint density at radius 2 is 2.03 bits per heavy atom. The number of aromatic nitrogens is 2. The summed E-state index contributed by atoms with van der Waals surface area (Å²) in [5.74, 6) is 0.718. The number of hydrogen-bond acceptors (Lipinski definition) is 5. The number of benzene rings is 2. The molecule has 7 nitrogen and oxygen atoms in total. The van der Waals surface area contributed by atoms with Crippen molar-refractivity contribution in [3.8, 4) is 11.5 Å². The molecule has 4 heterocycles. The zero-order chi connectivity index (χ0) is 20.9. The summed E-state index contributed by atoms with van der Waals surface area (Å²) in [6.07, 6.45) is 1.43. The Labute approximate surface area is 178 Å². The Hall–Kier alpha value is -3.58. The van der Waals surface area contributed by atoms with Crippen LogP contribution in [0.2, 0.25) is 0 Å². The second kappa shape index (κ2) is 6.99. The first kappa shape index (κ1) is 18.2. The number of nitrogens with zero attached hydrogens (tertiary/aromatic N) is 2. The Balaban J connectivity index is 1.49. The van der Waals surface area contributed by atoms with Crippen LogP contribution in [0.1, 0.15) is 22.5 Å². The van der Waals surface area contributed by atoms with Gasteiger partial charge in [-0.25, -0.2) is 0 Å². The summed E-state index contributed by atoms with van der Waals surface area (Å²) in [5, 5.41) is 11.6. The lowest BCUT2D eigenvalue weighted by Gasteiger charge is -2.27. The molecular formula is C24H21N3O4. The summed E-state index contributed by atoms with van der Waals surface area (Å²) < 4.78 is 11.0. The minimum atomic E-state index is -0.808. The molecule has 6 rings (SSSR count). The number of carboxylic acids is 1. The van der Waals surface area contributed by atoms with E-state index < -0.39 is 5.97 Å². The van der Waals surface area contributed by atoms with Gasteiger partial charge in [-0.05, 0) is 35.7 Å². The van der Waals surface area contributed by atoms with Gasteiger partial charge < -0.3 is 19.6 Å². The van der Waals surface area contributed by atoms with E-state index in [0.717, 1.165) is 52.4 Å². The third-order valence-corrected chi connectivity index (χ3v) is 6.13. The molecule has 2 N–H and O–H groups in total. The van der Waals surface area contributed by atoms with Crippen LogP contribution in [0, 0.1) is 0 Å². The largest absolute Gasteiger partial charge is 0.480 e. The van der Waals surface area contributed by atoms with Gasteiger partial charge in [0.25, 0.3) is 0 Å². The topological polar surface area (TPSA) is 87.7 Å². The first-order valence-corrected chi connectivity index (χ1v) is 10.4. The van der Waals surface area contributed by atoms with E-state index in [-0.39, 0.29) is 13.3 Å². The smallest absolute Gasteiger partial charge is 0.317 e. The van der Waals surface area contributed by atoms with Crippen LogP contribution in [0.15, 0.2) is 42.5 Å². The monoisotopic (exact) mass is 415 g/mol. The van der Waals surface area contributed by atoms with Gasteiger partial charge in [-0.1, -0.05) is 24.3 Å². The molecule has 0 unspecified atom stereocenters. The van der Waals surface area contributed by atoms with Crippen LogP contribution >= 0.6 is 0 Å². The van der Waals surface area contributed by atoms with Gasteiger partial charge in [0.1, 0.15) is 0 Å². The maximum Gasteiger partial charge on any atom is 0.317 e. The molecule has 2 aliphatic heterocycles. The van der Waals surface area contributed by atoms with E-state index in [1.807, 2.05) is 29.2 Å². The molecule has 2 aliphatic rings. The van der Waals surface area contributed by atoms with Crippen LogP contribution in [0.25, 0.3) is 21.8 Å². The van der Waals surface area contributed by atoms with E-state index in [1.165, 1.54) is 16.3 Å². The van der Waals surface area contributed by atoms with Crippen LogP contribution in [0.5, 0.6) is 11.5 Å². The van der Waals surface area contributed by atoms with Gasteiger partial charge in [-0.15, -0.1) is 0 Å². The minimum absolute atomic E-state index is 0.0323. The Kier molecular flexibility index (Phi) is 4.11. The number of para-hydroxylation sites is 1. The second-order valence-corrected chi connectivity index (χ2v) is 8.12. The van der Waals surface area contributed by atoms with Crippen molar-refractivity contribution in [2.45, 2.75) is 19.4 Å². The fourth-order valence-electron chi connectivity index (χ4n) is 4.76. The summed E-state index contributed by atoms with van der Waals surface area (Å²) in [5.41, 5.74) is 6.40. The number of aromatic amines is 1. The Morgan fingerprint density at radius 1 is 1.16 bits per heavy atom. The average molecular weight is 415 g/mol. The highest BCUT2D eigenvalue weighted by atomic mass is 16.7. The van der Waals surface area contributed by atoms with Crippen molar-refractivity contribution in [1.29, 1.82) is 0 Å². The molecule has 0 atom stereocenters. The molecule has 0 amide bonds. The van der Waals surface area contributed by atoms with Crippen LogP contribution in [0.4, 0.5) is 0 Å². The number of aliphatic carboxylic acids is 1. The number of hydrogen-bond donors (Lipinski definition) is 2. The van der Waals surface area contributed by atoms with Crippen molar-refractivity contribution in [2.24, 2.45) is 0 Å². The van der Waals surface area contributed by atoms with Crippen molar-refractivity contribution >= 4 is 27.8 Å². The van der Waals surface area contributed by atoms with Crippen molar-refractivity contribution in [2.75, 3.05) is 19.9 Å². The summed E-state index contributed by atoms with van der Waals surface area (Å²) in [6, 6.07) is 14.3. The van der Waals surface area contributed by atoms with E-state index in [4.69, 9.17) is 14.5 Å². The summed E-state index contributed by atoms with van der Waals surface area (Å²) in [6.45, 7) is 1.55. The van der Waals surface area contributed by atoms with Crippen molar-refractivity contribution < 1.29 is 19.4 Å². The number of carboxylic acid groups (broad SMARTS) is 1. The normalized spacial score (nSPS) is 15.5. The van der Waals surface area contributed by atoms with Crippen LogP contribution in [-0.4, -0.2) is 45.8 Å². The highest BCUT2D eigenvalue weighted by Crippen LogP contribution is 2.36. The van der Waals surface area contributed by atoms with Gasteiger partial charge >= 0.3 is 5.97 Å². The zero-order valence-electron chi connectivity index (χ0n) is 16.9. The summed E-state index contributed by atoms with van der Waals surface area (Å²) >= 11 is 0. The molecule has 31 heavy (non-hydrogen) atoms. The fourth-order valence-corrected chi connectivity index (χ4v) is 4.76. The van der Waals surface area contributed by atoms with Gasteiger partial charge in [-0.3, -0.25) is 14.7 Å². The molecule has 156 valence electrons. The lowest BCUT2D eigenvalue weighted by molar-refractivity contribution is -0.138. The van der Waals surface area contributed by atoms with E-state index in [0.29, 0.717) is 13.0 Å². The van der Waals surface area contributed by atoms with Crippen molar-refractivity contribution in [3.05, 3.63) is 65.0 Å². The Bertz CT molecular complexity index is 1340. The molecule has 0 saturated carbocycles. The molecule has 0 aliphatic carbocycles. The van der Waals surface area contributed by atoms with Crippen molar-refractivity contribution in [3.63, 3.8) is 0 Å². The van der Waals surface area contributed by atoms with Crippen molar-refractivity contribution in [1.82, 2.24) is 14.9 Å². The van der Waals surface area contributed by atoms with E-state index in [9.17, 15) is 9.90 Å². The number of H-pyrrole nitrogens is 1. The predicted octanol–water partition coefficient (Wildman–Crippen LogP) is 3.48. The van der Waals surface area contributed by atoms with Crippen LogP contribution in [-0.2, 0) is 24.2 Å². The van der Waals surface area contributed by atoms with Crippen LogP contribution in [0.3, 0.4) is 0 Å². The number of rotatable bonds is 4. The average Bonchev–Trinajstić information content (AvgIpc) is 3.37. The number of pyridine rings is 1. The zero-order valence-corrected chi connectivity index (χ0v) is 16.9. The third-order valence-electron chi connectivity index (χ3n) is 6.13. The fraction of sp³-hybridized carbons (Fsp3) is 0.250.